The average molecular weight is 363 g/mol. The van der Waals surface area contributed by atoms with Crippen LogP contribution in [-0.2, 0) is 4.79 Å². The minimum atomic E-state index is 0. The van der Waals surface area contributed by atoms with Crippen molar-refractivity contribution in [1.82, 2.24) is 4.90 Å². The van der Waals surface area contributed by atoms with Crippen molar-refractivity contribution < 1.29 is 9.59 Å². The van der Waals surface area contributed by atoms with Crippen LogP contribution in [0.5, 0.6) is 0 Å². The van der Waals surface area contributed by atoms with Crippen LogP contribution in [0.4, 0.5) is 0 Å². The highest BCUT2D eigenvalue weighted by molar-refractivity contribution is 8.00. The molecule has 0 aromatic heterocycles. The van der Waals surface area contributed by atoms with Gasteiger partial charge in [-0.25, -0.2) is 0 Å². The van der Waals surface area contributed by atoms with E-state index < -0.39 is 0 Å². The van der Waals surface area contributed by atoms with Crippen LogP contribution in [0.1, 0.15) is 23.2 Å². The van der Waals surface area contributed by atoms with Gasteiger partial charge in [-0.05, 0) is 37.1 Å². The molecule has 0 aliphatic carbocycles. The van der Waals surface area contributed by atoms with E-state index in [1.54, 1.807) is 24.3 Å². The van der Waals surface area contributed by atoms with E-state index in [1.807, 2.05) is 4.90 Å². The van der Waals surface area contributed by atoms with Gasteiger partial charge in [-0.3, -0.25) is 9.59 Å². The Balaban J connectivity index is 0.00000242. The van der Waals surface area contributed by atoms with Crippen molar-refractivity contribution >= 4 is 47.5 Å². The summed E-state index contributed by atoms with van der Waals surface area (Å²) in [6, 6.07) is 6.97. The predicted molar refractivity (Wildman–Crippen MR) is 94.1 cm³/mol. The maximum absolute atomic E-state index is 12.1. The first kappa shape index (κ1) is 19.3. The fourth-order valence-electron chi connectivity index (χ4n) is 2.44. The maximum Gasteiger partial charge on any atom is 0.232 e. The zero-order chi connectivity index (χ0) is 15.2. The Kier molecular flexibility index (Phi) is 8.25. The highest BCUT2D eigenvalue weighted by atomic mass is 35.5. The highest BCUT2D eigenvalue weighted by Crippen LogP contribution is 2.18. The van der Waals surface area contributed by atoms with Crippen LogP contribution in [0.3, 0.4) is 0 Å². The quantitative estimate of drug-likeness (QED) is 0.790. The summed E-state index contributed by atoms with van der Waals surface area (Å²) in [5.74, 6) is 0.725. The lowest BCUT2D eigenvalue weighted by molar-refractivity contribution is -0.128. The maximum atomic E-state index is 12.1. The fourth-order valence-corrected chi connectivity index (χ4v) is 3.36. The summed E-state index contributed by atoms with van der Waals surface area (Å²) in [5, 5.41) is 0.608. The summed E-state index contributed by atoms with van der Waals surface area (Å²) < 4.78 is 0. The van der Waals surface area contributed by atoms with E-state index >= 15 is 0 Å². The normalized spacial score (nSPS) is 17.2. The number of Topliss-reactive ketones (excluding diaryl/α,β-unsaturated/α-hetero) is 1. The number of halogens is 2. The van der Waals surface area contributed by atoms with E-state index in [0.29, 0.717) is 28.6 Å². The highest BCUT2D eigenvalue weighted by Gasteiger charge is 2.27. The second-order valence-electron chi connectivity index (χ2n) is 5.04. The minimum absolute atomic E-state index is 0. The Labute approximate surface area is 146 Å². The first-order valence-electron chi connectivity index (χ1n) is 6.98. The number of benzene rings is 1. The summed E-state index contributed by atoms with van der Waals surface area (Å²) in [4.78, 5) is 25.9. The minimum Gasteiger partial charge on any atom is -0.338 e. The molecule has 1 aliphatic heterocycles. The zero-order valence-electron chi connectivity index (χ0n) is 12.2. The van der Waals surface area contributed by atoms with Crippen molar-refractivity contribution in [3.63, 3.8) is 0 Å². The predicted octanol–water partition coefficient (Wildman–Crippen LogP) is 2.63. The number of hydrogen-bond donors (Lipinski definition) is 1. The molecule has 0 radical (unpaired) electrons. The third-order valence-corrected chi connectivity index (χ3v) is 4.76. The number of thioether (sulfide) groups is 1. The Hall–Kier alpha value is -0.750. The van der Waals surface area contributed by atoms with E-state index in [4.69, 9.17) is 17.3 Å². The van der Waals surface area contributed by atoms with Crippen molar-refractivity contribution in [1.29, 1.82) is 0 Å². The first-order chi connectivity index (χ1) is 10.1. The van der Waals surface area contributed by atoms with Crippen LogP contribution in [0.15, 0.2) is 24.3 Å². The Morgan fingerprint density at radius 1 is 1.27 bits per heavy atom. The van der Waals surface area contributed by atoms with E-state index in [-0.39, 0.29) is 30.1 Å². The van der Waals surface area contributed by atoms with Gasteiger partial charge in [0.25, 0.3) is 0 Å². The molecule has 1 saturated heterocycles. The molecule has 0 bridgehead atoms. The standard InChI is InChI=1S/C15H19ClN2O2S.ClH/c16-12-5-3-11(4-6-12)14(19)9-21-10-15(20)18-7-1-2-13(18)8-17;/h3-6,13H,1-2,7-10,17H2;1H. The van der Waals surface area contributed by atoms with Gasteiger partial charge in [0.1, 0.15) is 0 Å². The summed E-state index contributed by atoms with van der Waals surface area (Å²) in [7, 11) is 0. The van der Waals surface area contributed by atoms with Gasteiger partial charge in [0.05, 0.1) is 11.5 Å². The molecule has 1 unspecified atom stereocenters. The molecule has 0 spiro atoms. The lowest BCUT2D eigenvalue weighted by atomic mass is 10.1. The summed E-state index contributed by atoms with van der Waals surface area (Å²) >= 11 is 7.14. The number of rotatable bonds is 6. The van der Waals surface area contributed by atoms with Crippen LogP contribution >= 0.6 is 35.8 Å². The van der Waals surface area contributed by atoms with E-state index in [9.17, 15) is 9.59 Å². The van der Waals surface area contributed by atoms with E-state index in [0.717, 1.165) is 19.4 Å². The van der Waals surface area contributed by atoms with Gasteiger partial charge in [-0.1, -0.05) is 11.6 Å². The molecule has 4 nitrogen and oxygen atoms in total. The van der Waals surface area contributed by atoms with E-state index in [2.05, 4.69) is 0 Å². The van der Waals surface area contributed by atoms with Gasteiger partial charge < -0.3 is 10.6 Å². The van der Waals surface area contributed by atoms with Crippen molar-refractivity contribution in [2.24, 2.45) is 5.73 Å². The van der Waals surface area contributed by atoms with Crippen LogP contribution < -0.4 is 5.73 Å². The molecule has 1 heterocycles. The topological polar surface area (TPSA) is 63.4 Å². The number of amides is 1. The lowest BCUT2D eigenvalue weighted by Gasteiger charge is -2.23. The van der Waals surface area contributed by atoms with Crippen molar-refractivity contribution in [2.45, 2.75) is 18.9 Å². The first-order valence-corrected chi connectivity index (χ1v) is 8.51. The molecule has 1 aromatic rings. The number of nitrogens with zero attached hydrogens (tertiary/aromatic N) is 1. The van der Waals surface area contributed by atoms with Gasteiger partial charge in [0, 0.05) is 29.7 Å². The fraction of sp³-hybridized carbons (Fsp3) is 0.467. The second kappa shape index (κ2) is 9.40. The largest absolute Gasteiger partial charge is 0.338 e. The number of hydrogen-bond acceptors (Lipinski definition) is 4. The van der Waals surface area contributed by atoms with Crippen LogP contribution in [0, 0.1) is 0 Å². The van der Waals surface area contributed by atoms with Gasteiger partial charge in [-0.15, -0.1) is 24.2 Å². The third-order valence-electron chi connectivity index (χ3n) is 3.59. The molecule has 1 atom stereocenters. The summed E-state index contributed by atoms with van der Waals surface area (Å²) in [5.41, 5.74) is 6.29. The summed E-state index contributed by atoms with van der Waals surface area (Å²) in [6.07, 6.45) is 2.00. The monoisotopic (exact) mass is 362 g/mol. The number of ketones is 1. The molecule has 1 aromatic carbocycles. The zero-order valence-corrected chi connectivity index (χ0v) is 14.6. The Morgan fingerprint density at radius 2 is 1.95 bits per heavy atom. The third kappa shape index (κ3) is 5.16. The molecule has 0 saturated carbocycles. The molecular formula is C15H20Cl2N2O2S. The number of nitrogens with two attached hydrogens (primary N) is 1. The van der Waals surface area contributed by atoms with Crippen molar-refractivity contribution in [3.8, 4) is 0 Å². The molecule has 1 aliphatic rings. The van der Waals surface area contributed by atoms with Gasteiger partial charge in [-0.2, -0.15) is 0 Å². The average Bonchev–Trinajstić information content (AvgIpc) is 2.96. The van der Waals surface area contributed by atoms with Gasteiger partial charge >= 0.3 is 0 Å². The molecule has 1 amide bonds. The molecule has 7 heteroatoms. The number of carbonyl (C=O) groups is 2. The molecule has 1 fully saturated rings. The SMILES string of the molecule is Cl.NCC1CCCN1C(=O)CSCC(=O)c1ccc(Cl)cc1. The second-order valence-corrected chi connectivity index (χ2v) is 6.46. The molecule has 2 N–H and O–H groups in total. The van der Waals surface area contributed by atoms with Gasteiger partial charge in [0.2, 0.25) is 5.91 Å². The molecule has 122 valence electrons. The van der Waals surface area contributed by atoms with E-state index in [1.165, 1.54) is 11.8 Å². The lowest BCUT2D eigenvalue weighted by Crippen LogP contribution is -2.40. The smallest absolute Gasteiger partial charge is 0.232 e. The van der Waals surface area contributed by atoms with Crippen LogP contribution in [0.2, 0.25) is 5.02 Å². The van der Waals surface area contributed by atoms with Crippen LogP contribution in [-0.4, -0.2) is 47.2 Å². The number of carbonyl (C=O) groups excluding carboxylic acids is 2. The van der Waals surface area contributed by atoms with Crippen molar-refractivity contribution in [3.05, 3.63) is 34.9 Å². The van der Waals surface area contributed by atoms with Gasteiger partial charge in [0.15, 0.2) is 5.78 Å². The number of likely N-dealkylation sites (tertiary alicyclic amines) is 1. The molecule has 22 heavy (non-hydrogen) atoms. The van der Waals surface area contributed by atoms with Crippen molar-refractivity contribution in [2.75, 3.05) is 24.6 Å². The van der Waals surface area contributed by atoms with Crippen LogP contribution in [0.25, 0.3) is 0 Å². The molecule has 2 rings (SSSR count). The molecular weight excluding hydrogens is 343 g/mol. The Bertz CT molecular complexity index is 511. The Morgan fingerprint density at radius 3 is 2.59 bits per heavy atom. The summed E-state index contributed by atoms with van der Waals surface area (Å²) in [6.45, 7) is 1.30.